The number of hydrogen-bond acceptors (Lipinski definition) is 4. The maximum absolute atomic E-state index is 10.1. The summed E-state index contributed by atoms with van der Waals surface area (Å²) in [5, 5.41) is 0. The summed E-state index contributed by atoms with van der Waals surface area (Å²) in [5.41, 5.74) is 5.98. The van der Waals surface area contributed by atoms with E-state index in [-0.39, 0.29) is 0 Å². The number of nitrogens with two attached hydrogens (primary N) is 1. The van der Waals surface area contributed by atoms with Gasteiger partial charge >= 0.3 is 0 Å². The summed E-state index contributed by atoms with van der Waals surface area (Å²) in [6, 6.07) is 9.33. The minimum absolute atomic E-state index is 0.605. The smallest absolute Gasteiger partial charge is 0.259 e. The van der Waals surface area contributed by atoms with Gasteiger partial charge in [-0.15, -0.1) is 0 Å². The van der Waals surface area contributed by atoms with Crippen LogP contribution < -0.4 is 5.73 Å². The van der Waals surface area contributed by atoms with E-state index in [9.17, 15) is 8.42 Å². The zero-order valence-corrected chi connectivity index (χ0v) is 7.03. The molecule has 0 fully saturated rings. The molecule has 0 heterocycles. The van der Waals surface area contributed by atoms with E-state index < -0.39 is 17.2 Å². The van der Waals surface area contributed by atoms with E-state index >= 15 is 0 Å². The van der Waals surface area contributed by atoms with Gasteiger partial charge in [0.1, 0.15) is 0 Å². The lowest BCUT2D eigenvalue weighted by Crippen LogP contribution is -2.13. The van der Waals surface area contributed by atoms with Crippen molar-refractivity contribution in [3.05, 3.63) is 35.9 Å². The van der Waals surface area contributed by atoms with Crippen LogP contribution in [0.2, 0.25) is 0 Å². The van der Waals surface area contributed by atoms with Gasteiger partial charge < -0.3 is 5.73 Å². The molecule has 0 saturated carbocycles. The second kappa shape index (κ2) is 4.20. The number of thiol groups is 1. The Kier molecular flexibility index (Phi) is 3.21. The molecule has 5 heteroatoms. The lowest BCUT2D eigenvalue weighted by atomic mass is 10.2. The summed E-state index contributed by atoms with van der Waals surface area (Å²) in [5.74, 6) is 0. The largest absolute Gasteiger partial charge is 0.301 e. The molecule has 0 aromatic heterocycles. The Morgan fingerprint density at radius 1 is 1.42 bits per heavy atom. The van der Waals surface area contributed by atoms with Crippen LogP contribution in [0.5, 0.6) is 0 Å². The van der Waals surface area contributed by atoms with Crippen molar-refractivity contribution in [3.63, 3.8) is 0 Å². The fourth-order valence-corrected chi connectivity index (χ4v) is 1.05. The average Bonchev–Trinajstić information content (AvgIpc) is 2.05. The normalized spacial score (nSPS) is 13.2. The van der Waals surface area contributed by atoms with Crippen LogP contribution in [-0.2, 0) is 15.2 Å². The van der Waals surface area contributed by atoms with Crippen LogP contribution in [0.4, 0.5) is 0 Å². The van der Waals surface area contributed by atoms with Crippen molar-refractivity contribution in [1.82, 2.24) is 0 Å². The number of rotatable bonds is 3. The summed E-state index contributed by atoms with van der Waals surface area (Å²) in [7, 11) is -2.90. The van der Waals surface area contributed by atoms with Gasteiger partial charge in [-0.3, -0.25) is 0 Å². The van der Waals surface area contributed by atoms with Gasteiger partial charge in [0.25, 0.3) is 11.0 Å². The fraction of sp³-hybridized carbons (Fsp3) is 0.143. The molecule has 4 nitrogen and oxygen atoms in total. The Morgan fingerprint density at radius 3 is 2.50 bits per heavy atom. The van der Waals surface area contributed by atoms with Crippen molar-refractivity contribution in [2.75, 3.05) is 0 Å². The Morgan fingerprint density at radius 2 is 2.00 bits per heavy atom. The van der Waals surface area contributed by atoms with Gasteiger partial charge in [0.05, 0.1) is 0 Å². The molecule has 65 valence electrons. The maximum Gasteiger partial charge on any atom is 0.259 e. The quantitative estimate of drug-likeness (QED) is 0.514. The third-order valence-corrected chi connectivity index (χ3v) is 1.67. The SMILES string of the molecule is NC(O[SH](=O)=O)c1cc[c]cc1. The van der Waals surface area contributed by atoms with Crippen LogP contribution in [0.15, 0.2) is 24.3 Å². The molecule has 1 rings (SSSR count). The molecule has 0 aliphatic rings. The highest BCUT2D eigenvalue weighted by molar-refractivity contribution is 7.67. The first-order valence-electron chi connectivity index (χ1n) is 3.23. The summed E-state index contributed by atoms with van der Waals surface area (Å²) in [6.45, 7) is 0. The number of benzene rings is 1. The molecular weight excluding hydrogens is 178 g/mol. The Labute approximate surface area is 72.1 Å². The Balaban J connectivity index is 2.71. The molecule has 1 atom stereocenters. The monoisotopic (exact) mass is 186 g/mol. The summed E-state index contributed by atoms with van der Waals surface area (Å²) in [4.78, 5) is 0. The van der Waals surface area contributed by atoms with Crippen LogP contribution in [0.1, 0.15) is 11.8 Å². The molecule has 0 spiro atoms. The van der Waals surface area contributed by atoms with Crippen LogP contribution in [-0.4, -0.2) is 8.42 Å². The van der Waals surface area contributed by atoms with Gasteiger partial charge in [0, 0.05) is 0 Å². The van der Waals surface area contributed by atoms with Gasteiger partial charge in [-0.1, -0.05) is 24.3 Å². The topological polar surface area (TPSA) is 69.4 Å². The van der Waals surface area contributed by atoms with Gasteiger partial charge in [-0.05, 0) is 11.6 Å². The van der Waals surface area contributed by atoms with E-state index in [2.05, 4.69) is 10.2 Å². The highest BCUT2D eigenvalue weighted by atomic mass is 32.2. The second-order valence-electron chi connectivity index (χ2n) is 2.08. The molecule has 1 aromatic rings. The predicted molar refractivity (Wildman–Crippen MR) is 43.6 cm³/mol. The zero-order valence-electron chi connectivity index (χ0n) is 6.14. The Hall–Kier alpha value is -0.910. The minimum atomic E-state index is -2.90. The van der Waals surface area contributed by atoms with Crippen LogP contribution in [0, 0.1) is 6.07 Å². The van der Waals surface area contributed by atoms with Crippen molar-refractivity contribution < 1.29 is 12.6 Å². The van der Waals surface area contributed by atoms with Crippen LogP contribution in [0.3, 0.4) is 0 Å². The summed E-state index contributed by atoms with van der Waals surface area (Å²) >= 11 is 0. The van der Waals surface area contributed by atoms with E-state index in [0.717, 1.165) is 0 Å². The van der Waals surface area contributed by atoms with Crippen LogP contribution in [0.25, 0.3) is 0 Å². The molecule has 1 unspecified atom stereocenters. The molecular formula is C7H8NO3S. The molecule has 12 heavy (non-hydrogen) atoms. The van der Waals surface area contributed by atoms with E-state index in [1.165, 1.54) is 0 Å². The third-order valence-electron chi connectivity index (χ3n) is 1.27. The first-order chi connectivity index (χ1) is 5.70. The first kappa shape index (κ1) is 9.18. The lowest BCUT2D eigenvalue weighted by molar-refractivity contribution is 0.232. The van der Waals surface area contributed by atoms with E-state index in [4.69, 9.17) is 5.73 Å². The van der Waals surface area contributed by atoms with Gasteiger partial charge in [-0.2, -0.15) is 0 Å². The lowest BCUT2D eigenvalue weighted by Gasteiger charge is -2.06. The van der Waals surface area contributed by atoms with E-state index in [1.807, 2.05) is 0 Å². The van der Waals surface area contributed by atoms with Crippen molar-refractivity contribution in [3.8, 4) is 0 Å². The molecule has 0 aliphatic carbocycles. The average molecular weight is 186 g/mol. The predicted octanol–water partition coefficient (Wildman–Crippen LogP) is -0.0129. The van der Waals surface area contributed by atoms with Crippen molar-refractivity contribution in [1.29, 1.82) is 0 Å². The zero-order chi connectivity index (χ0) is 8.97. The van der Waals surface area contributed by atoms with Gasteiger partial charge in [0.15, 0.2) is 6.23 Å². The number of hydrogen-bond donors (Lipinski definition) is 2. The van der Waals surface area contributed by atoms with Gasteiger partial charge in [-0.25, -0.2) is 12.6 Å². The highest BCUT2D eigenvalue weighted by Gasteiger charge is 2.05. The van der Waals surface area contributed by atoms with Gasteiger partial charge in [0.2, 0.25) is 0 Å². The summed E-state index contributed by atoms with van der Waals surface area (Å²) in [6.07, 6.45) is -0.916. The molecule has 0 bridgehead atoms. The van der Waals surface area contributed by atoms with Crippen molar-refractivity contribution in [2.45, 2.75) is 6.23 Å². The van der Waals surface area contributed by atoms with Crippen LogP contribution >= 0.6 is 0 Å². The molecule has 2 N–H and O–H groups in total. The second-order valence-corrected chi connectivity index (χ2v) is 2.74. The first-order valence-corrected chi connectivity index (χ1v) is 4.32. The molecule has 1 radical (unpaired) electrons. The standard InChI is InChI=1S/C7H8NO3S/c8-7(11-12(9)10)6-4-2-1-3-5-6/h2-5,7,12H,8H2. The Bertz CT molecular complexity index is 302. The van der Waals surface area contributed by atoms with Crippen molar-refractivity contribution in [2.24, 2.45) is 5.73 Å². The molecule has 0 saturated heterocycles. The minimum Gasteiger partial charge on any atom is -0.301 e. The summed E-state index contributed by atoms with van der Waals surface area (Å²) < 4.78 is 24.6. The maximum atomic E-state index is 10.1. The van der Waals surface area contributed by atoms with E-state index in [0.29, 0.717) is 5.56 Å². The van der Waals surface area contributed by atoms with E-state index in [1.54, 1.807) is 24.3 Å². The fourth-order valence-electron chi connectivity index (χ4n) is 0.743. The molecule has 0 aliphatic heterocycles. The third kappa shape index (κ3) is 2.61. The highest BCUT2D eigenvalue weighted by Crippen LogP contribution is 2.09. The van der Waals surface area contributed by atoms with Crippen molar-refractivity contribution >= 4 is 11.0 Å². The molecule has 0 amide bonds. The molecule has 1 aromatic carbocycles.